The first-order valence-corrected chi connectivity index (χ1v) is 5.68. The number of aromatic amines is 1. The lowest BCUT2D eigenvalue weighted by atomic mass is 10.2. The van der Waals surface area contributed by atoms with Crippen LogP contribution in [0, 0.1) is 0 Å². The Kier molecular flexibility index (Phi) is 2.53. The zero-order valence-corrected chi connectivity index (χ0v) is 9.27. The molecule has 0 aliphatic carbocycles. The van der Waals surface area contributed by atoms with Crippen LogP contribution in [-0.4, -0.2) is 28.8 Å². The van der Waals surface area contributed by atoms with Gasteiger partial charge in [-0.05, 0) is 31.0 Å². The molecule has 3 rings (SSSR count). The normalized spacial score (nSPS) is 19.6. The third-order valence-corrected chi connectivity index (χ3v) is 2.93. The van der Waals surface area contributed by atoms with E-state index in [1.54, 1.807) is 6.20 Å². The van der Waals surface area contributed by atoms with Crippen LogP contribution in [0.15, 0.2) is 24.4 Å². The summed E-state index contributed by atoms with van der Waals surface area (Å²) in [7, 11) is 0. The maximum Gasteiger partial charge on any atom is 0.253 e. The van der Waals surface area contributed by atoms with Crippen LogP contribution in [-0.2, 0) is 9.53 Å². The third-order valence-electron chi connectivity index (χ3n) is 2.93. The van der Waals surface area contributed by atoms with E-state index in [0.29, 0.717) is 6.61 Å². The van der Waals surface area contributed by atoms with Crippen molar-refractivity contribution in [2.75, 3.05) is 11.9 Å². The molecule has 0 bridgehead atoms. The molecule has 1 aromatic carbocycles. The lowest BCUT2D eigenvalue weighted by Gasteiger charge is -2.10. The van der Waals surface area contributed by atoms with Gasteiger partial charge in [-0.2, -0.15) is 5.10 Å². The average Bonchev–Trinajstić information content (AvgIpc) is 2.99. The van der Waals surface area contributed by atoms with Gasteiger partial charge in [0.05, 0.1) is 11.7 Å². The van der Waals surface area contributed by atoms with Crippen LogP contribution in [0.4, 0.5) is 5.69 Å². The average molecular weight is 231 g/mol. The fourth-order valence-corrected chi connectivity index (χ4v) is 2.03. The van der Waals surface area contributed by atoms with Crippen LogP contribution < -0.4 is 5.32 Å². The van der Waals surface area contributed by atoms with E-state index in [-0.39, 0.29) is 12.0 Å². The van der Waals surface area contributed by atoms with Gasteiger partial charge in [-0.25, -0.2) is 0 Å². The molecule has 1 fully saturated rings. The van der Waals surface area contributed by atoms with Crippen molar-refractivity contribution in [1.82, 2.24) is 10.2 Å². The zero-order chi connectivity index (χ0) is 11.7. The van der Waals surface area contributed by atoms with E-state index in [1.165, 1.54) is 0 Å². The highest BCUT2D eigenvalue weighted by atomic mass is 16.5. The largest absolute Gasteiger partial charge is 0.368 e. The first-order chi connectivity index (χ1) is 8.33. The fraction of sp³-hybridized carbons (Fsp3) is 0.333. The smallest absolute Gasteiger partial charge is 0.253 e. The predicted molar refractivity (Wildman–Crippen MR) is 63.7 cm³/mol. The molecule has 17 heavy (non-hydrogen) atoms. The van der Waals surface area contributed by atoms with Crippen molar-refractivity contribution in [2.24, 2.45) is 0 Å². The number of ether oxygens (including phenoxy) is 1. The molecule has 88 valence electrons. The Morgan fingerprint density at radius 2 is 2.47 bits per heavy atom. The molecular formula is C12H13N3O2. The van der Waals surface area contributed by atoms with E-state index in [4.69, 9.17) is 4.74 Å². The summed E-state index contributed by atoms with van der Waals surface area (Å²) in [6.45, 7) is 0.679. The number of nitrogens with zero attached hydrogens (tertiary/aromatic N) is 1. The molecule has 1 aromatic heterocycles. The molecule has 2 aromatic rings. The minimum atomic E-state index is -0.296. The Morgan fingerprint density at radius 1 is 1.53 bits per heavy atom. The van der Waals surface area contributed by atoms with Gasteiger partial charge in [0.1, 0.15) is 6.10 Å². The van der Waals surface area contributed by atoms with Crippen molar-refractivity contribution in [3.63, 3.8) is 0 Å². The predicted octanol–water partition coefficient (Wildman–Crippen LogP) is 1.68. The maximum absolute atomic E-state index is 11.8. The van der Waals surface area contributed by atoms with E-state index >= 15 is 0 Å². The summed E-state index contributed by atoms with van der Waals surface area (Å²) >= 11 is 0. The van der Waals surface area contributed by atoms with E-state index in [1.807, 2.05) is 18.2 Å². The Morgan fingerprint density at radius 3 is 3.29 bits per heavy atom. The lowest BCUT2D eigenvalue weighted by molar-refractivity contribution is -0.124. The van der Waals surface area contributed by atoms with Crippen molar-refractivity contribution in [2.45, 2.75) is 18.9 Å². The summed E-state index contributed by atoms with van der Waals surface area (Å²) in [5, 5.41) is 10.6. The van der Waals surface area contributed by atoms with Gasteiger partial charge in [0, 0.05) is 17.7 Å². The summed E-state index contributed by atoms with van der Waals surface area (Å²) in [4.78, 5) is 11.8. The van der Waals surface area contributed by atoms with Gasteiger partial charge in [-0.3, -0.25) is 9.89 Å². The van der Waals surface area contributed by atoms with Gasteiger partial charge in [0.25, 0.3) is 5.91 Å². The fourth-order valence-electron chi connectivity index (χ4n) is 2.03. The van der Waals surface area contributed by atoms with E-state index in [9.17, 15) is 4.79 Å². The Hall–Kier alpha value is -1.88. The standard InChI is InChI=1S/C12H13N3O2/c16-12(11-2-1-5-17-11)14-9-3-4-10-8(6-9)7-13-15-10/h3-4,6-7,11H,1-2,5H2,(H,13,15)(H,14,16)/t11-/m1/s1. The number of hydrogen-bond acceptors (Lipinski definition) is 3. The number of nitrogens with one attached hydrogen (secondary N) is 2. The highest BCUT2D eigenvalue weighted by Crippen LogP contribution is 2.19. The van der Waals surface area contributed by atoms with Crippen molar-refractivity contribution < 1.29 is 9.53 Å². The van der Waals surface area contributed by atoms with Crippen LogP contribution in [0.5, 0.6) is 0 Å². The highest BCUT2D eigenvalue weighted by molar-refractivity contribution is 5.96. The van der Waals surface area contributed by atoms with Gasteiger partial charge in [0.15, 0.2) is 0 Å². The van der Waals surface area contributed by atoms with Crippen molar-refractivity contribution in [1.29, 1.82) is 0 Å². The first-order valence-electron chi connectivity index (χ1n) is 5.68. The third kappa shape index (κ3) is 2.01. The molecule has 5 heteroatoms. The molecule has 1 atom stereocenters. The van der Waals surface area contributed by atoms with E-state index in [0.717, 1.165) is 29.4 Å². The lowest BCUT2D eigenvalue weighted by Crippen LogP contribution is -2.26. The van der Waals surface area contributed by atoms with Crippen LogP contribution in [0.1, 0.15) is 12.8 Å². The number of anilines is 1. The second-order valence-electron chi connectivity index (χ2n) is 4.16. The van der Waals surface area contributed by atoms with Crippen molar-refractivity contribution >= 4 is 22.5 Å². The molecule has 5 nitrogen and oxygen atoms in total. The topological polar surface area (TPSA) is 67.0 Å². The maximum atomic E-state index is 11.8. The summed E-state index contributed by atoms with van der Waals surface area (Å²) in [5.41, 5.74) is 1.74. The van der Waals surface area contributed by atoms with Gasteiger partial charge >= 0.3 is 0 Å². The van der Waals surface area contributed by atoms with Gasteiger partial charge in [-0.1, -0.05) is 0 Å². The van der Waals surface area contributed by atoms with Gasteiger partial charge < -0.3 is 10.1 Å². The molecule has 1 aliphatic rings. The number of carbonyl (C=O) groups is 1. The minimum absolute atomic E-state index is 0.0645. The van der Waals surface area contributed by atoms with E-state index in [2.05, 4.69) is 15.5 Å². The molecule has 0 spiro atoms. The molecule has 0 saturated carbocycles. The van der Waals surface area contributed by atoms with Crippen molar-refractivity contribution in [3.8, 4) is 0 Å². The first kappa shape index (κ1) is 10.3. The van der Waals surface area contributed by atoms with Crippen LogP contribution in [0.2, 0.25) is 0 Å². The number of carbonyl (C=O) groups excluding carboxylic acids is 1. The number of hydrogen-bond donors (Lipinski definition) is 2. The highest BCUT2D eigenvalue weighted by Gasteiger charge is 2.23. The second-order valence-corrected chi connectivity index (χ2v) is 4.16. The minimum Gasteiger partial charge on any atom is -0.368 e. The number of rotatable bonds is 2. The zero-order valence-electron chi connectivity index (χ0n) is 9.27. The molecule has 0 radical (unpaired) electrons. The molecule has 1 aliphatic heterocycles. The molecule has 2 heterocycles. The molecule has 1 saturated heterocycles. The Bertz CT molecular complexity index is 543. The van der Waals surface area contributed by atoms with Crippen LogP contribution in [0.25, 0.3) is 10.9 Å². The van der Waals surface area contributed by atoms with Gasteiger partial charge in [0.2, 0.25) is 0 Å². The number of aromatic nitrogens is 2. The Balaban J connectivity index is 1.77. The summed E-state index contributed by atoms with van der Waals surface area (Å²) in [5.74, 6) is -0.0645. The van der Waals surface area contributed by atoms with Crippen LogP contribution in [0.3, 0.4) is 0 Å². The number of amides is 1. The number of fused-ring (bicyclic) bond motifs is 1. The van der Waals surface area contributed by atoms with Gasteiger partial charge in [-0.15, -0.1) is 0 Å². The summed E-state index contributed by atoms with van der Waals surface area (Å²) < 4.78 is 5.33. The molecule has 0 unspecified atom stereocenters. The summed E-state index contributed by atoms with van der Waals surface area (Å²) in [6, 6.07) is 5.65. The summed E-state index contributed by atoms with van der Waals surface area (Å²) in [6.07, 6.45) is 3.20. The number of benzene rings is 1. The second kappa shape index (κ2) is 4.18. The number of H-pyrrole nitrogens is 1. The molecule has 2 N–H and O–H groups in total. The quantitative estimate of drug-likeness (QED) is 0.826. The van der Waals surface area contributed by atoms with E-state index < -0.39 is 0 Å². The van der Waals surface area contributed by atoms with Crippen LogP contribution >= 0.6 is 0 Å². The molecular weight excluding hydrogens is 218 g/mol. The Labute approximate surface area is 98.2 Å². The monoisotopic (exact) mass is 231 g/mol. The van der Waals surface area contributed by atoms with Crippen molar-refractivity contribution in [3.05, 3.63) is 24.4 Å². The SMILES string of the molecule is O=C(Nc1ccc2[nH]ncc2c1)[C@H]1CCCO1. The molecule has 1 amide bonds.